The Morgan fingerprint density at radius 1 is 1.16 bits per heavy atom. The summed E-state index contributed by atoms with van der Waals surface area (Å²) in [6, 6.07) is 9.65. The maximum absolute atomic E-state index is 14.0. The van der Waals surface area contributed by atoms with Gasteiger partial charge in [0.2, 0.25) is 5.82 Å². The van der Waals surface area contributed by atoms with Crippen molar-refractivity contribution in [3.05, 3.63) is 53.6 Å². The van der Waals surface area contributed by atoms with E-state index < -0.39 is 11.6 Å². The fourth-order valence-electron chi connectivity index (χ4n) is 1.80. The fourth-order valence-corrected chi connectivity index (χ4v) is 1.80. The molecule has 3 heteroatoms. The van der Waals surface area contributed by atoms with Crippen molar-refractivity contribution in [1.29, 1.82) is 0 Å². The summed E-state index contributed by atoms with van der Waals surface area (Å²) < 4.78 is 32.8. The molecule has 0 aliphatic heterocycles. The summed E-state index contributed by atoms with van der Waals surface area (Å²) in [5.41, 5.74) is 1.32. The lowest BCUT2D eigenvalue weighted by atomic mass is 10.0. The minimum absolute atomic E-state index is 0.0862. The molecule has 0 bridgehead atoms. The van der Waals surface area contributed by atoms with Gasteiger partial charge >= 0.3 is 0 Å². The second-order valence-corrected chi connectivity index (χ2v) is 3.90. The molecule has 0 atom stereocenters. The van der Waals surface area contributed by atoms with E-state index in [2.05, 4.69) is 5.92 Å². The van der Waals surface area contributed by atoms with Gasteiger partial charge < -0.3 is 4.74 Å². The molecular formula is C16H12F2O. The molecule has 0 saturated heterocycles. The van der Waals surface area contributed by atoms with E-state index in [1.807, 2.05) is 0 Å². The Hall–Kier alpha value is -2.34. The van der Waals surface area contributed by atoms with E-state index >= 15 is 0 Å². The van der Waals surface area contributed by atoms with Crippen LogP contribution in [0.1, 0.15) is 12.5 Å². The molecule has 1 nitrogen and oxygen atoms in total. The largest absolute Gasteiger partial charge is 0.491 e. The van der Waals surface area contributed by atoms with Crippen LogP contribution < -0.4 is 4.74 Å². The molecule has 19 heavy (non-hydrogen) atoms. The van der Waals surface area contributed by atoms with Crippen molar-refractivity contribution >= 4 is 0 Å². The van der Waals surface area contributed by atoms with Gasteiger partial charge in [-0.05, 0) is 36.8 Å². The quantitative estimate of drug-likeness (QED) is 0.756. The number of rotatable bonds is 3. The maximum atomic E-state index is 14.0. The highest BCUT2D eigenvalue weighted by Crippen LogP contribution is 2.30. The van der Waals surface area contributed by atoms with Crippen LogP contribution in [0.5, 0.6) is 5.75 Å². The van der Waals surface area contributed by atoms with Crippen LogP contribution in [0, 0.1) is 24.0 Å². The molecule has 0 aliphatic carbocycles. The highest BCUT2D eigenvalue weighted by Gasteiger charge is 2.15. The van der Waals surface area contributed by atoms with E-state index in [4.69, 9.17) is 11.2 Å². The van der Waals surface area contributed by atoms with E-state index in [1.165, 1.54) is 12.1 Å². The zero-order valence-electron chi connectivity index (χ0n) is 10.4. The van der Waals surface area contributed by atoms with Gasteiger partial charge in [-0.25, -0.2) is 4.39 Å². The molecule has 0 amide bonds. The molecule has 0 spiro atoms. The number of hydrogen-bond acceptors (Lipinski definition) is 1. The van der Waals surface area contributed by atoms with E-state index in [9.17, 15) is 8.78 Å². The topological polar surface area (TPSA) is 9.23 Å². The van der Waals surface area contributed by atoms with Gasteiger partial charge in [0.1, 0.15) is 0 Å². The minimum atomic E-state index is -0.981. The molecule has 0 saturated carbocycles. The van der Waals surface area contributed by atoms with Crippen molar-refractivity contribution in [2.45, 2.75) is 6.92 Å². The molecule has 0 aliphatic rings. The summed E-state index contributed by atoms with van der Waals surface area (Å²) in [4.78, 5) is 0. The third-order valence-electron chi connectivity index (χ3n) is 2.69. The lowest BCUT2D eigenvalue weighted by Gasteiger charge is -2.09. The maximum Gasteiger partial charge on any atom is 0.201 e. The van der Waals surface area contributed by atoms with E-state index in [-0.39, 0.29) is 17.9 Å². The number of hydrogen-bond donors (Lipinski definition) is 0. The van der Waals surface area contributed by atoms with Crippen LogP contribution in [0.15, 0.2) is 36.4 Å². The van der Waals surface area contributed by atoms with Gasteiger partial charge in [-0.15, -0.1) is 6.42 Å². The smallest absolute Gasteiger partial charge is 0.201 e. The molecule has 0 heterocycles. The van der Waals surface area contributed by atoms with Crippen molar-refractivity contribution in [2.75, 3.05) is 6.61 Å². The van der Waals surface area contributed by atoms with Crippen LogP contribution in [0.2, 0.25) is 0 Å². The van der Waals surface area contributed by atoms with Gasteiger partial charge in [0.15, 0.2) is 11.6 Å². The number of terminal acetylenes is 1. The Balaban J connectivity index is 2.51. The third-order valence-corrected chi connectivity index (χ3v) is 2.69. The summed E-state index contributed by atoms with van der Waals surface area (Å²) >= 11 is 0. The normalized spacial score (nSPS) is 10.0. The summed E-state index contributed by atoms with van der Waals surface area (Å²) in [5.74, 6) is 0.464. The molecule has 0 fully saturated rings. The SMILES string of the molecule is C#Cc1cccc(-c2ccc(OCC)c(F)c2F)c1. The van der Waals surface area contributed by atoms with Crippen molar-refractivity contribution < 1.29 is 13.5 Å². The predicted molar refractivity (Wildman–Crippen MR) is 70.9 cm³/mol. The van der Waals surface area contributed by atoms with Gasteiger partial charge in [-0.3, -0.25) is 0 Å². The van der Waals surface area contributed by atoms with E-state index in [0.29, 0.717) is 11.1 Å². The Morgan fingerprint density at radius 3 is 2.63 bits per heavy atom. The Kier molecular flexibility index (Phi) is 3.82. The lowest BCUT2D eigenvalue weighted by Crippen LogP contribution is -1.98. The Bertz CT molecular complexity index is 642. The molecule has 2 aromatic carbocycles. The van der Waals surface area contributed by atoms with Crippen LogP contribution in [0.4, 0.5) is 8.78 Å². The zero-order chi connectivity index (χ0) is 13.8. The fraction of sp³-hybridized carbons (Fsp3) is 0.125. The van der Waals surface area contributed by atoms with Gasteiger partial charge in [0.25, 0.3) is 0 Å². The number of halogens is 2. The third kappa shape index (κ3) is 2.58. The van der Waals surface area contributed by atoms with Crippen LogP contribution >= 0.6 is 0 Å². The lowest BCUT2D eigenvalue weighted by molar-refractivity contribution is 0.314. The summed E-state index contributed by atoms with van der Waals surface area (Å²) in [6.07, 6.45) is 5.29. The minimum Gasteiger partial charge on any atom is -0.491 e. The van der Waals surface area contributed by atoms with Crippen molar-refractivity contribution in [3.63, 3.8) is 0 Å². The molecule has 0 unspecified atom stereocenters. The molecule has 96 valence electrons. The summed E-state index contributed by atoms with van der Waals surface area (Å²) in [5, 5.41) is 0. The van der Waals surface area contributed by atoms with Gasteiger partial charge in [0.05, 0.1) is 6.61 Å². The van der Waals surface area contributed by atoms with E-state index in [1.54, 1.807) is 31.2 Å². The van der Waals surface area contributed by atoms with Crippen LogP contribution in [0.25, 0.3) is 11.1 Å². The van der Waals surface area contributed by atoms with Crippen molar-refractivity contribution in [3.8, 4) is 29.2 Å². The number of benzene rings is 2. The average molecular weight is 258 g/mol. The number of ether oxygens (including phenoxy) is 1. The zero-order valence-corrected chi connectivity index (χ0v) is 10.4. The van der Waals surface area contributed by atoms with Gasteiger partial charge in [0, 0.05) is 11.1 Å². The van der Waals surface area contributed by atoms with Gasteiger partial charge in [-0.1, -0.05) is 18.1 Å². The van der Waals surface area contributed by atoms with Crippen LogP contribution in [0.3, 0.4) is 0 Å². The highest BCUT2D eigenvalue weighted by molar-refractivity contribution is 5.67. The molecule has 2 aromatic rings. The first-order valence-corrected chi connectivity index (χ1v) is 5.85. The second-order valence-electron chi connectivity index (χ2n) is 3.90. The Labute approximate surface area is 110 Å². The van der Waals surface area contributed by atoms with Crippen LogP contribution in [-0.4, -0.2) is 6.61 Å². The first-order chi connectivity index (χ1) is 9.17. The summed E-state index contributed by atoms with van der Waals surface area (Å²) in [7, 11) is 0. The standard InChI is InChI=1S/C16H12F2O/c1-3-11-6-5-7-12(10-11)13-8-9-14(19-4-2)16(18)15(13)17/h1,5-10H,4H2,2H3. The molecule has 2 rings (SSSR count). The van der Waals surface area contributed by atoms with Gasteiger partial charge in [-0.2, -0.15) is 4.39 Å². The van der Waals surface area contributed by atoms with Crippen molar-refractivity contribution in [1.82, 2.24) is 0 Å². The molecule has 0 aromatic heterocycles. The predicted octanol–water partition coefficient (Wildman–Crippen LogP) is 4.01. The Morgan fingerprint density at radius 2 is 1.95 bits per heavy atom. The first-order valence-electron chi connectivity index (χ1n) is 5.85. The molecule has 0 N–H and O–H groups in total. The van der Waals surface area contributed by atoms with Crippen LogP contribution in [-0.2, 0) is 0 Å². The molecular weight excluding hydrogens is 246 g/mol. The molecule has 0 radical (unpaired) electrons. The second kappa shape index (κ2) is 5.53. The van der Waals surface area contributed by atoms with E-state index in [0.717, 1.165) is 0 Å². The highest BCUT2D eigenvalue weighted by atomic mass is 19.2. The summed E-state index contributed by atoms with van der Waals surface area (Å²) in [6.45, 7) is 1.99. The van der Waals surface area contributed by atoms with Crippen molar-refractivity contribution in [2.24, 2.45) is 0 Å². The average Bonchev–Trinajstić information content (AvgIpc) is 2.44. The first kappa shape index (κ1) is 13.1. The monoisotopic (exact) mass is 258 g/mol.